The largest absolute Gasteiger partial charge is 0.515 e. The molecular formula is C29H39N4O3+. The number of piperidine rings is 2. The van der Waals surface area contributed by atoms with Crippen LogP contribution in [0.5, 0.6) is 0 Å². The minimum atomic E-state index is -0.220. The number of methoxy groups -OCH3 is 1. The van der Waals surface area contributed by atoms with Crippen LogP contribution in [0.25, 0.3) is 11.0 Å². The first-order valence-corrected chi connectivity index (χ1v) is 13.3. The summed E-state index contributed by atoms with van der Waals surface area (Å²) in [6, 6.07) is 19.2. The van der Waals surface area contributed by atoms with Crippen molar-refractivity contribution in [1.82, 2.24) is 14.5 Å². The summed E-state index contributed by atoms with van der Waals surface area (Å²) in [6.45, 7) is 4.93. The molecule has 192 valence electrons. The van der Waals surface area contributed by atoms with Crippen molar-refractivity contribution in [2.45, 2.75) is 63.1 Å². The second-order valence-electron chi connectivity index (χ2n) is 10.9. The third kappa shape index (κ3) is 4.18. The quantitative estimate of drug-likeness (QED) is 0.524. The lowest BCUT2D eigenvalue weighted by Gasteiger charge is -2.54. The zero-order valence-corrected chi connectivity index (χ0v) is 21.8. The lowest BCUT2D eigenvalue weighted by atomic mass is 9.74. The van der Waals surface area contributed by atoms with Crippen LogP contribution in [-0.4, -0.2) is 70.4 Å². The van der Waals surface area contributed by atoms with Crippen LogP contribution in [0.15, 0.2) is 59.4 Å². The minimum Gasteiger partial charge on any atom is -0.423 e. The number of likely N-dealkylation sites (N-methyl/N-ethyl adjacent to an activating group) is 1. The van der Waals surface area contributed by atoms with Crippen molar-refractivity contribution in [2.75, 3.05) is 33.8 Å². The Kier molecular flexibility index (Phi) is 6.79. The molecule has 3 unspecified atom stereocenters. The number of hydrogen-bond acceptors (Lipinski definition) is 4. The van der Waals surface area contributed by atoms with E-state index in [0.29, 0.717) is 10.5 Å². The molecule has 2 fully saturated rings. The molecule has 1 N–H and O–H groups in total. The maximum atomic E-state index is 13.2. The molecule has 7 heteroatoms. The van der Waals surface area contributed by atoms with E-state index in [2.05, 4.69) is 48.1 Å². The summed E-state index contributed by atoms with van der Waals surface area (Å²) in [6.07, 6.45) is 5.47. The number of imidazole rings is 1. The maximum absolute atomic E-state index is 13.2. The van der Waals surface area contributed by atoms with Gasteiger partial charge in [-0.05, 0) is 30.5 Å². The number of aromatic amines is 1. The van der Waals surface area contributed by atoms with Crippen LogP contribution >= 0.6 is 0 Å². The molecule has 0 radical (unpaired) electrons. The molecule has 7 nitrogen and oxygen atoms in total. The van der Waals surface area contributed by atoms with E-state index in [9.17, 15) is 9.59 Å². The number of quaternary nitrogens is 1. The Bertz CT molecular complexity index is 1260. The summed E-state index contributed by atoms with van der Waals surface area (Å²) < 4.78 is 7.64. The van der Waals surface area contributed by atoms with E-state index >= 15 is 0 Å². The first-order valence-electron chi connectivity index (χ1n) is 13.3. The van der Waals surface area contributed by atoms with Crippen LogP contribution in [-0.2, 0) is 11.2 Å². The van der Waals surface area contributed by atoms with E-state index in [1.165, 1.54) is 12.7 Å². The second-order valence-corrected chi connectivity index (χ2v) is 10.9. The number of nitrogens with zero attached hydrogens (tertiary/aromatic N) is 3. The zero-order chi connectivity index (χ0) is 25.3. The summed E-state index contributed by atoms with van der Waals surface area (Å²) in [5.74, 6) is 0. The Balaban J connectivity index is 1.36. The normalized spacial score (nSPS) is 27.8. The number of likely N-dealkylation sites (tertiary alicyclic amines) is 2. The van der Waals surface area contributed by atoms with Crippen molar-refractivity contribution < 1.29 is 14.0 Å². The van der Waals surface area contributed by atoms with Gasteiger partial charge in [-0.25, -0.2) is 9.28 Å². The van der Waals surface area contributed by atoms with Crippen LogP contribution < -0.4 is 5.69 Å². The van der Waals surface area contributed by atoms with Crippen molar-refractivity contribution in [3.05, 3.63) is 70.6 Å². The van der Waals surface area contributed by atoms with E-state index in [4.69, 9.17) is 4.74 Å². The van der Waals surface area contributed by atoms with Gasteiger partial charge in [0.1, 0.15) is 5.54 Å². The summed E-state index contributed by atoms with van der Waals surface area (Å²) in [4.78, 5) is 31.5. The summed E-state index contributed by atoms with van der Waals surface area (Å²) >= 11 is 0. The molecular weight excluding hydrogens is 452 g/mol. The van der Waals surface area contributed by atoms with Gasteiger partial charge in [0.05, 0.1) is 31.7 Å². The molecule has 0 saturated carbocycles. The van der Waals surface area contributed by atoms with E-state index < -0.39 is 0 Å². The molecule has 0 bridgehead atoms. The molecule has 2 aromatic carbocycles. The van der Waals surface area contributed by atoms with E-state index in [-0.39, 0.29) is 23.4 Å². The van der Waals surface area contributed by atoms with Gasteiger partial charge in [-0.2, -0.15) is 4.79 Å². The first-order chi connectivity index (χ1) is 17.4. The van der Waals surface area contributed by atoms with Crippen LogP contribution in [0.4, 0.5) is 4.79 Å². The lowest BCUT2D eigenvalue weighted by molar-refractivity contribution is -0.899. The van der Waals surface area contributed by atoms with Crippen molar-refractivity contribution in [2.24, 2.45) is 0 Å². The number of rotatable bonds is 5. The molecule has 1 amide bonds. The molecule has 3 aromatic rings. The summed E-state index contributed by atoms with van der Waals surface area (Å²) in [5, 5.41) is 0. The molecule has 3 atom stereocenters. The number of ether oxygens (including phenoxy) is 1. The summed E-state index contributed by atoms with van der Waals surface area (Å²) in [5.41, 5.74) is 2.95. The van der Waals surface area contributed by atoms with E-state index in [1.807, 2.05) is 34.9 Å². The van der Waals surface area contributed by atoms with Crippen molar-refractivity contribution >= 4 is 17.1 Å². The Morgan fingerprint density at radius 3 is 2.44 bits per heavy atom. The zero-order valence-electron chi connectivity index (χ0n) is 21.8. The molecule has 3 heterocycles. The molecule has 0 spiro atoms. The number of fused-ring (bicyclic) bond motifs is 1. The number of amides is 1. The molecule has 36 heavy (non-hydrogen) atoms. The highest BCUT2D eigenvalue weighted by Gasteiger charge is 2.57. The fourth-order valence-corrected chi connectivity index (χ4v) is 6.97. The number of benzene rings is 2. The molecule has 0 aliphatic carbocycles. The van der Waals surface area contributed by atoms with Crippen LogP contribution in [0, 0.1) is 0 Å². The highest BCUT2D eigenvalue weighted by Crippen LogP contribution is 2.42. The Morgan fingerprint density at radius 2 is 1.75 bits per heavy atom. The third-order valence-electron chi connectivity index (χ3n) is 9.19. The second kappa shape index (κ2) is 9.87. The molecule has 1 aromatic heterocycles. The Hall–Kier alpha value is -2.90. The average Bonchev–Trinajstić information content (AvgIpc) is 3.25. The lowest BCUT2D eigenvalue weighted by Crippen LogP contribution is -2.71. The molecule has 2 aliphatic rings. The SMILES string of the molecule is CCC1(Cc2ccccc2)CC(N2CCC(n3c(=O)[nH]c4ccccc43)CC2)CC[N+]1(C)C(=O)OC. The van der Waals surface area contributed by atoms with Gasteiger partial charge in [-0.1, -0.05) is 49.4 Å². The number of hydrogen-bond donors (Lipinski definition) is 1. The standard InChI is InChI=1S/C29H38N4O3/c1-4-29(20-22-10-6-5-7-11-22)21-24(16-19-33(29,2)28(35)36-3)31-17-14-23(15-18-31)32-26-13-9-8-12-25(26)30-27(32)34/h5-13,23-24H,4,14-21H2,1-3H3/p+1. The molecule has 2 saturated heterocycles. The van der Waals surface area contributed by atoms with Crippen molar-refractivity contribution in [3.63, 3.8) is 0 Å². The Morgan fingerprint density at radius 1 is 1.06 bits per heavy atom. The number of carbonyl (C=O) groups is 1. The number of aromatic nitrogens is 2. The number of H-pyrrole nitrogens is 1. The smallest absolute Gasteiger partial charge is 0.423 e. The van der Waals surface area contributed by atoms with Gasteiger partial charge < -0.3 is 9.72 Å². The monoisotopic (exact) mass is 491 g/mol. The number of para-hydroxylation sites is 2. The first kappa shape index (κ1) is 24.8. The minimum absolute atomic E-state index is 0.00804. The van der Waals surface area contributed by atoms with Gasteiger partial charge in [-0.15, -0.1) is 0 Å². The predicted octanol–water partition coefficient (Wildman–Crippen LogP) is 4.73. The van der Waals surface area contributed by atoms with Gasteiger partial charge in [0.25, 0.3) is 0 Å². The van der Waals surface area contributed by atoms with Gasteiger partial charge >= 0.3 is 11.8 Å². The van der Waals surface area contributed by atoms with Gasteiger partial charge in [-0.3, -0.25) is 9.47 Å². The van der Waals surface area contributed by atoms with Crippen LogP contribution in [0.1, 0.15) is 50.6 Å². The highest BCUT2D eigenvalue weighted by atomic mass is 16.5. The topological polar surface area (TPSA) is 67.3 Å². The average molecular weight is 492 g/mol. The van der Waals surface area contributed by atoms with E-state index in [0.717, 1.165) is 69.2 Å². The van der Waals surface area contributed by atoms with Crippen molar-refractivity contribution in [3.8, 4) is 0 Å². The summed E-state index contributed by atoms with van der Waals surface area (Å²) in [7, 11) is 3.59. The fourth-order valence-electron chi connectivity index (χ4n) is 6.97. The predicted molar refractivity (Wildman–Crippen MR) is 142 cm³/mol. The van der Waals surface area contributed by atoms with Crippen molar-refractivity contribution in [1.29, 1.82) is 0 Å². The fraction of sp³-hybridized carbons (Fsp3) is 0.517. The molecule has 5 rings (SSSR count). The van der Waals surface area contributed by atoms with Gasteiger partial charge in [0.2, 0.25) is 0 Å². The van der Waals surface area contributed by atoms with E-state index in [1.54, 1.807) is 0 Å². The van der Waals surface area contributed by atoms with Crippen LogP contribution in [0.2, 0.25) is 0 Å². The van der Waals surface area contributed by atoms with Gasteiger partial charge in [0, 0.05) is 50.9 Å². The van der Waals surface area contributed by atoms with Crippen LogP contribution in [0.3, 0.4) is 0 Å². The Labute approximate surface area is 213 Å². The van der Waals surface area contributed by atoms with Gasteiger partial charge in [0.15, 0.2) is 0 Å². The third-order valence-corrected chi connectivity index (χ3v) is 9.19. The number of nitrogens with one attached hydrogen (secondary N) is 1. The molecule has 2 aliphatic heterocycles. The number of carbonyl (C=O) groups excluding carboxylic acids is 1. The highest BCUT2D eigenvalue weighted by molar-refractivity contribution is 5.75. The maximum Gasteiger partial charge on any atom is 0.515 e.